The third-order valence-corrected chi connectivity index (χ3v) is 6.66. The fraction of sp³-hybridized carbons (Fsp3) is 0.385. The number of likely N-dealkylation sites (tertiary alicyclic amines) is 1. The van der Waals surface area contributed by atoms with Crippen molar-refractivity contribution in [2.24, 2.45) is 0 Å². The van der Waals surface area contributed by atoms with Gasteiger partial charge in [-0.1, -0.05) is 6.07 Å². The van der Waals surface area contributed by atoms with Crippen LogP contribution in [0.2, 0.25) is 0 Å². The van der Waals surface area contributed by atoms with Gasteiger partial charge in [-0.05, 0) is 49.6 Å². The quantitative estimate of drug-likeness (QED) is 0.496. The van der Waals surface area contributed by atoms with Crippen LogP contribution < -0.4 is 15.6 Å². The number of methoxy groups -OCH3 is 1. The number of hydrogen-bond acceptors (Lipinski definition) is 6. The van der Waals surface area contributed by atoms with Crippen LogP contribution in [-0.4, -0.2) is 75.8 Å². The highest BCUT2D eigenvalue weighted by molar-refractivity contribution is 5.93. The maximum absolute atomic E-state index is 12.8. The SMILES string of the molecule is COc1ccc2c(C)cc(=O)n(CCN3CCC(N(CC(=O)Nc4ccccn4)C(=O)O)CC3)c2c1. The van der Waals surface area contributed by atoms with Crippen molar-refractivity contribution in [3.63, 3.8) is 0 Å². The number of aryl methyl sites for hydroxylation is 1. The van der Waals surface area contributed by atoms with Crippen molar-refractivity contribution >= 4 is 28.7 Å². The first-order valence-electron chi connectivity index (χ1n) is 12.0. The Balaban J connectivity index is 1.36. The van der Waals surface area contributed by atoms with E-state index in [9.17, 15) is 19.5 Å². The summed E-state index contributed by atoms with van der Waals surface area (Å²) in [5.41, 5.74) is 1.71. The molecule has 0 bridgehead atoms. The number of carbonyl (C=O) groups is 2. The lowest BCUT2D eigenvalue weighted by molar-refractivity contribution is -0.117. The van der Waals surface area contributed by atoms with Gasteiger partial charge in [0.25, 0.3) is 5.56 Å². The molecule has 10 heteroatoms. The number of amides is 2. The van der Waals surface area contributed by atoms with Crippen molar-refractivity contribution < 1.29 is 19.4 Å². The van der Waals surface area contributed by atoms with E-state index in [0.29, 0.717) is 50.6 Å². The van der Waals surface area contributed by atoms with Crippen LogP contribution in [0.25, 0.3) is 10.9 Å². The summed E-state index contributed by atoms with van der Waals surface area (Å²) in [6.07, 6.45) is 1.67. The van der Waals surface area contributed by atoms with Gasteiger partial charge in [0.1, 0.15) is 18.1 Å². The van der Waals surface area contributed by atoms with Gasteiger partial charge in [-0.3, -0.25) is 14.5 Å². The number of rotatable bonds is 8. The lowest BCUT2D eigenvalue weighted by Crippen LogP contribution is -2.50. The number of fused-ring (bicyclic) bond motifs is 1. The molecule has 0 atom stereocenters. The van der Waals surface area contributed by atoms with Crippen LogP contribution >= 0.6 is 0 Å². The Labute approximate surface area is 209 Å². The fourth-order valence-electron chi connectivity index (χ4n) is 4.71. The molecule has 0 saturated carbocycles. The number of nitrogens with one attached hydrogen (secondary N) is 1. The van der Waals surface area contributed by atoms with Crippen LogP contribution in [0.4, 0.5) is 10.6 Å². The second-order valence-corrected chi connectivity index (χ2v) is 8.95. The van der Waals surface area contributed by atoms with Crippen molar-refractivity contribution in [3.8, 4) is 5.75 Å². The summed E-state index contributed by atoms with van der Waals surface area (Å²) in [5, 5.41) is 13.4. The minimum atomic E-state index is -1.11. The molecule has 1 aromatic carbocycles. The number of aromatic nitrogens is 2. The second kappa shape index (κ2) is 11.2. The van der Waals surface area contributed by atoms with Gasteiger partial charge in [-0.25, -0.2) is 9.78 Å². The molecule has 0 aliphatic carbocycles. The van der Waals surface area contributed by atoms with Gasteiger partial charge in [-0.2, -0.15) is 0 Å². The molecule has 36 heavy (non-hydrogen) atoms. The Morgan fingerprint density at radius 3 is 2.61 bits per heavy atom. The minimum Gasteiger partial charge on any atom is -0.497 e. The molecular weight excluding hydrogens is 462 g/mol. The van der Waals surface area contributed by atoms with Gasteiger partial charge in [-0.15, -0.1) is 0 Å². The summed E-state index contributed by atoms with van der Waals surface area (Å²) in [7, 11) is 1.60. The molecule has 0 radical (unpaired) electrons. The van der Waals surface area contributed by atoms with E-state index in [1.165, 1.54) is 4.90 Å². The zero-order chi connectivity index (χ0) is 25.7. The van der Waals surface area contributed by atoms with Crippen LogP contribution in [-0.2, 0) is 11.3 Å². The highest BCUT2D eigenvalue weighted by Gasteiger charge is 2.29. The molecule has 1 aliphatic heterocycles. The Bertz CT molecular complexity index is 1290. The summed E-state index contributed by atoms with van der Waals surface area (Å²) in [5.74, 6) is 0.668. The molecule has 190 valence electrons. The largest absolute Gasteiger partial charge is 0.497 e. The van der Waals surface area contributed by atoms with Crippen molar-refractivity contribution in [3.05, 3.63) is 64.6 Å². The molecule has 10 nitrogen and oxygen atoms in total. The first-order chi connectivity index (χ1) is 17.4. The third kappa shape index (κ3) is 5.83. The summed E-state index contributed by atoms with van der Waals surface area (Å²) in [6, 6.07) is 12.3. The number of carboxylic acid groups (broad SMARTS) is 1. The molecule has 1 fully saturated rings. The van der Waals surface area contributed by atoms with Gasteiger partial charge >= 0.3 is 6.09 Å². The number of ether oxygens (including phenoxy) is 1. The van der Waals surface area contributed by atoms with E-state index in [0.717, 1.165) is 16.5 Å². The maximum Gasteiger partial charge on any atom is 0.408 e. The number of nitrogens with zero attached hydrogens (tertiary/aromatic N) is 4. The van der Waals surface area contributed by atoms with E-state index in [-0.39, 0.29) is 18.1 Å². The molecular formula is C26H31N5O5. The number of benzene rings is 1. The van der Waals surface area contributed by atoms with Crippen molar-refractivity contribution in [2.45, 2.75) is 32.4 Å². The van der Waals surface area contributed by atoms with Gasteiger partial charge in [0.05, 0.1) is 12.6 Å². The monoisotopic (exact) mass is 493 g/mol. The summed E-state index contributed by atoms with van der Waals surface area (Å²) in [4.78, 5) is 44.5. The molecule has 3 aromatic rings. The van der Waals surface area contributed by atoms with Crippen LogP contribution in [0.3, 0.4) is 0 Å². The number of piperidine rings is 1. The van der Waals surface area contributed by atoms with E-state index >= 15 is 0 Å². The Morgan fingerprint density at radius 2 is 1.94 bits per heavy atom. The van der Waals surface area contributed by atoms with Gasteiger partial charge in [0, 0.05) is 55.9 Å². The average Bonchev–Trinajstić information content (AvgIpc) is 2.87. The maximum atomic E-state index is 12.8. The number of anilines is 1. The molecule has 2 N–H and O–H groups in total. The molecule has 0 spiro atoms. The lowest BCUT2D eigenvalue weighted by atomic mass is 10.0. The Hall–Kier alpha value is -3.92. The van der Waals surface area contributed by atoms with Crippen LogP contribution in [0.15, 0.2) is 53.5 Å². The molecule has 2 amide bonds. The Kier molecular flexibility index (Phi) is 7.84. The Morgan fingerprint density at radius 1 is 1.17 bits per heavy atom. The van der Waals surface area contributed by atoms with Gasteiger partial charge in [0.15, 0.2) is 0 Å². The van der Waals surface area contributed by atoms with Crippen LogP contribution in [0, 0.1) is 6.92 Å². The molecule has 1 aliphatic rings. The predicted octanol–water partition coefficient (Wildman–Crippen LogP) is 2.80. The van der Waals surface area contributed by atoms with E-state index in [4.69, 9.17) is 4.74 Å². The smallest absolute Gasteiger partial charge is 0.408 e. The summed E-state index contributed by atoms with van der Waals surface area (Å²) < 4.78 is 7.12. The minimum absolute atomic E-state index is 0.0564. The second-order valence-electron chi connectivity index (χ2n) is 8.95. The zero-order valence-corrected chi connectivity index (χ0v) is 20.5. The first-order valence-corrected chi connectivity index (χ1v) is 12.0. The molecule has 1 saturated heterocycles. The number of hydrogen-bond donors (Lipinski definition) is 2. The van der Waals surface area contributed by atoms with Crippen molar-refractivity contribution in [2.75, 3.05) is 38.6 Å². The van der Waals surface area contributed by atoms with E-state index in [2.05, 4.69) is 15.2 Å². The fourth-order valence-corrected chi connectivity index (χ4v) is 4.71. The molecule has 2 aromatic heterocycles. The standard InChI is InChI=1S/C26H31N5O5/c1-18-15-25(33)30(22-16-20(36-2)6-7-21(18)22)14-13-29-11-8-19(9-12-29)31(26(34)35)17-24(32)28-23-5-3-4-10-27-23/h3-7,10,15-16,19H,8-9,11-14,17H2,1-2H3,(H,34,35)(H,27,28,32). The third-order valence-electron chi connectivity index (χ3n) is 6.66. The zero-order valence-electron chi connectivity index (χ0n) is 20.5. The topological polar surface area (TPSA) is 117 Å². The first kappa shape index (κ1) is 25.2. The molecule has 4 rings (SSSR count). The van der Waals surface area contributed by atoms with Crippen molar-refractivity contribution in [1.29, 1.82) is 0 Å². The number of carbonyl (C=O) groups excluding carboxylic acids is 1. The van der Waals surface area contributed by atoms with Gasteiger partial charge < -0.3 is 24.6 Å². The van der Waals surface area contributed by atoms with Crippen LogP contribution in [0.1, 0.15) is 18.4 Å². The van der Waals surface area contributed by atoms with E-state index < -0.39 is 12.0 Å². The van der Waals surface area contributed by atoms with E-state index in [1.54, 1.807) is 42.1 Å². The van der Waals surface area contributed by atoms with Crippen molar-refractivity contribution in [1.82, 2.24) is 19.4 Å². The summed E-state index contributed by atoms with van der Waals surface area (Å²) in [6.45, 7) is 4.22. The molecule has 3 heterocycles. The summed E-state index contributed by atoms with van der Waals surface area (Å²) >= 11 is 0. The normalized spacial score (nSPS) is 14.5. The predicted molar refractivity (Wildman–Crippen MR) is 137 cm³/mol. The lowest BCUT2D eigenvalue weighted by Gasteiger charge is -2.37. The average molecular weight is 494 g/mol. The highest BCUT2D eigenvalue weighted by atomic mass is 16.5. The van der Waals surface area contributed by atoms with Crippen LogP contribution in [0.5, 0.6) is 5.75 Å². The van der Waals surface area contributed by atoms with E-state index in [1.807, 2.05) is 25.1 Å². The highest BCUT2D eigenvalue weighted by Crippen LogP contribution is 2.23. The number of pyridine rings is 2. The van der Waals surface area contributed by atoms with Gasteiger partial charge in [0.2, 0.25) is 5.91 Å². The molecule has 0 unspecified atom stereocenters.